The van der Waals surface area contributed by atoms with E-state index in [1.807, 2.05) is 6.07 Å². The minimum Gasteiger partial charge on any atom is -0.495 e. The average Bonchev–Trinajstić information content (AvgIpc) is 2.04. The summed E-state index contributed by atoms with van der Waals surface area (Å²) in [4.78, 5) is 3.92. The van der Waals surface area contributed by atoms with Gasteiger partial charge < -0.3 is 4.74 Å². The van der Waals surface area contributed by atoms with Crippen LogP contribution in [0.5, 0.6) is 5.75 Å². The number of aromatic nitrogens is 1. The van der Waals surface area contributed by atoms with Crippen molar-refractivity contribution in [1.82, 2.24) is 4.98 Å². The van der Waals surface area contributed by atoms with Crippen LogP contribution in [0.2, 0.25) is 0 Å². The Balaban J connectivity index is 2.96. The minimum atomic E-state index is 0.804. The fourth-order valence-electron chi connectivity index (χ4n) is 0.703. The van der Waals surface area contributed by atoms with Crippen LogP contribution >= 0.6 is 15.9 Å². The molecule has 2 nitrogen and oxygen atoms in total. The van der Waals surface area contributed by atoms with E-state index in [9.17, 15) is 0 Å². The molecule has 1 heterocycles. The number of hydrogen-bond donors (Lipinski definition) is 0. The smallest absolute Gasteiger partial charge is 0.141 e. The molecule has 0 spiro atoms. The van der Waals surface area contributed by atoms with E-state index in [-0.39, 0.29) is 0 Å². The van der Waals surface area contributed by atoms with Gasteiger partial charge >= 0.3 is 0 Å². The van der Waals surface area contributed by atoms with Crippen molar-refractivity contribution in [2.24, 2.45) is 0 Å². The number of halogens is 1. The van der Waals surface area contributed by atoms with Gasteiger partial charge in [0.25, 0.3) is 0 Å². The monoisotopic (exact) mass is 201 g/mol. The molecule has 0 aliphatic carbocycles. The van der Waals surface area contributed by atoms with Gasteiger partial charge in [0.2, 0.25) is 0 Å². The lowest BCUT2D eigenvalue weighted by Gasteiger charge is -2.02. The molecule has 0 bridgehead atoms. The molecule has 10 heavy (non-hydrogen) atoms. The van der Waals surface area contributed by atoms with Gasteiger partial charge in [-0.05, 0) is 6.07 Å². The maximum atomic E-state index is 5.04. The largest absolute Gasteiger partial charge is 0.495 e. The summed E-state index contributed by atoms with van der Waals surface area (Å²) in [5, 5.41) is 0.804. The highest BCUT2D eigenvalue weighted by atomic mass is 79.9. The molecule has 3 heteroatoms. The van der Waals surface area contributed by atoms with Crippen LogP contribution in [0.15, 0.2) is 18.5 Å². The van der Waals surface area contributed by atoms with Crippen LogP contribution in [-0.2, 0) is 5.33 Å². The average molecular weight is 202 g/mol. The first-order chi connectivity index (χ1) is 4.88. The third-order valence-electron chi connectivity index (χ3n) is 1.23. The number of nitrogens with zero attached hydrogens (tertiary/aromatic N) is 1. The van der Waals surface area contributed by atoms with E-state index in [1.54, 1.807) is 19.5 Å². The summed E-state index contributed by atoms with van der Waals surface area (Å²) in [7, 11) is 1.64. The molecule has 1 aromatic rings. The fourth-order valence-corrected chi connectivity index (χ4v) is 1.17. The first-order valence-electron chi connectivity index (χ1n) is 2.91. The van der Waals surface area contributed by atoms with Crippen LogP contribution in [0, 0.1) is 0 Å². The van der Waals surface area contributed by atoms with Crippen LogP contribution in [0.3, 0.4) is 0 Å². The molecule has 54 valence electrons. The summed E-state index contributed by atoms with van der Waals surface area (Å²) in [6.07, 6.45) is 3.45. The molecule has 0 aromatic carbocycles. The van der Waals surface area contributed by atoms with Gasteiger partial charge in [-0.25, -0.2) is 0 Å². The van der Waals surface area contributed by atoms with Crippen LogP contribution in [-0.4, -0.2) is 12.1 Å². The number of pyridine rings is 1. The predicted molar refractivity (Wildman–Crippen MR) is 43.4 cm³/mol. The van der Waals surface area contributed by atoms with Crippen molar-refractivity contribution in [1.29, 1.82) is 0 Å². The molecule has 0 saturated carbocycles. The maximum Gasteiger partial charge on any atom is 0.141 e. The first kappa shape index (κ1) is 7.54. The molecule has 0 unspecified atom stereocenters. The van der Waals surface area contributed by atoms with E-state index in [1.165, 1.54) is 0 Å². The second-order valence-corrected chi connectivity index (χ2v) is 2.38. The van der Waals surface area contributed by atoms with Crippen molar-refractivity contribution in [2.75, 3.05) is 7.11 Å². The van der Waals surface area contributed by atoms with Gasteiger partial charge in [-0.3, -0.25) is 4.98 Å². The van der Waals surface area contributed by atoms with E-state index in [0.29, 0.717) is 0 Å². The molecule has 1 rings (SSSR count). The molecule has 1 aromatic heterocycles. The number of ether oxygens (including phenoxy) is 1. The summed E-state index contributed by atoms with van der Waals surface area (Å²) in [6, 6.07) is 1.92. The summed E-state index contributed by atoms with van der Waals surface area (Å²) in [5.41, 5.74) is 1.12. The second kappa shape index (κ2) is 3.56. The van der Waals surface area contributed by atoms with Gasteiger partial charge in [0.05, 0.1) is 13.3 Å². The SMILES string of the molecule is COc1cnccc1CBr. The zero-order chi connectivity index (χ0) is 7.40. The molecular formula is C7H8BrNO. The molecule has 0 fully saturated rings. The molecular weight excluding hydrogens is 194 g/mol. The number of rotatable bonds is 2. The Kier molecular flexibility index (Phi) is 2.68. The van der Waals surface area contributed by atoms with Gasteiger partial charge in [0.15, 0.2) is 0 Å². The lowest BCUT2D eigenvalue weighted by Crippen LogP contribution is -1.88. The summed E-state index contributed by atoms with van der Waals surface area (Å²) in [6.45, 7) is 0. The zero-order valence-electron chi connectivity index (χ0n) is 5.67. The highest BCUT2D eigenvalue weighted by molar-refractivity contribution is 9.08. The van der Waals surface area contributed by atoms with Gasteiger partial charge in [-0.15, -0.1) is 0 Å². The van der Waals surface area contributed by atoms with Crippen molar-refractivity contribution in [3.8, 4) is 5.75 Å². The fraction of sp³-hybridized carbons (Fsp3) is 0.286. The van der Waals surface area contributed by atoms with Crippen molar-refractivity contribution in [2.45, 2.75) is 5.33 Å². The van der Waals surface area contributed by atoms with E-state index >= 15 is 0 Å². The molecule has 0 aliphatic rings. The van der Waals surface area contributed by atoms with Gasteiger partial charge in [0, 0.05) is 17.1 Å². The van der Waals surface area contributed by atoms with Crippen LogP contribution in [0.1, 0.15) is 5.56 Å². The Morgan fingerprint density at radius 3 is 3.00 bits per heavy atom. The van der Waals surface area contributed by atoms with Crippen LogP contribution < -0.4 is 4.74 Å². The van der Waals surface area contributed by atoms with Crippen LogP contribution in [0.4, 0.5) is 0 Å². The lowest BCUT2D eigenvalue weighted by molar-refractivity contribution is 0.409. The van der Waals surface area contributed by atoms with E-state index < -0.39 is 0 Å². The standard InChI is InChI=1S/C7H8BrNO/c1-10-7-5-9-3-2-6(7)4-8/h2-3,5H,4H2,1H3. The van der Waals surface area contributed by atoms with Gasteiger partial charge in [-0.1, -0.05) is 15.9 Å². The van der Waals surface area contributed by atoms with Crippen LogP contribution in [0.25, 0.3) is 0 Å². The molecule has 0 atom stereocenters. The highest BCUT2D eigenvalue weighted by Gasteiger charge is 1.97. The van der Waals surface area contributed by atoms with Gasteiger partial charge in [-0.2, -0.15) is 0 Å². The highest BCUT2D eigenvalue weighted by Crippen LogP contribution is 2.17. The topological polar surface area (TPSA) is 22.1 Å². The van der Waals surface area contributed by atoms with E-state index in [0.717, 1.165) is 16.6 Å². The zero-order valence-corrected chi connectivity index (χ0v) is 7.26. The first-order valence-corrected chi connectivity index (χ1v) is 4.03. The maximum absolute atomic E-state index is 5.04. The third kappa shape index (κ3) is 1.48. The van der Waals surface area contributed by atoms with E-state index in [4.69, 9.17) is 4.74 Å². The summed E-state index contributed by atoms with van der Waals surface area (Å²) >= 11 is 3.34. The van der Waals surface area contributed by atoms with Gasteiger partial charge in [0.1, 0.15) is 5.75 Å². The molecule has 0 aliphatic heterocycles. The molecule has 0 amide bonds. The van der Waals surface area contributed by atoms with E-state index in [2.05, 4.69) is 20.9 Å². The Morgan fingerprint density at radius 1 is 1.70 bits per heavy atom. The molecule has 0 radical (unpaired) electrons. The molecule has 0 N–H and O–H groups in total. The molecule has 0 saturated heterocycles. The van der Waals surface area contributed by atoms with Crippen molar-refractivity contribution >= 4 is 15.9 Å². The second-order valence-electron chi connectivity index (χ2n) is 1.82. The summed E-state index contributed by atoms with van der Waals surface area (Å²) in [5.74, 6) is 0.833. The Bertz CT molecular complexity index is 192. The normalized spacial score (nSPS) is 9.40. The van der Waals surface area contributed by atoms with Crippen molar-refractivity contribution < 1.29 is 4.74 Å². The quantitative estimate of drug-likeness (QED) is 0.684. The van der Waals surface area contributed by atoms with Crippen molar-refractivity contribution in [3.63, 3.8) is 0 Å². The lowest BCUT2D eigenvalue weighted by atomic mass is 10.3. The Hall–Kier alpha value is -0.570. The minimum absolute atomic E-state index is 0.804. The Labute approximate surface area is 68.4 Å². The number of hydrogen-bond acceptors (Lipinski definition) is 2. The van der Waals surface area contributed by atoms with Crippen molar-refractivity contribution in [3.05, 3.63) is 24.0 Å². The third-order valence-corrected chi connectivity index (χ3v) is 1.84. The number of alkyl halides is 1. The number of methoxy groups -OCH3 is 1. The Morgan fingerprint density at radius 2 is 2.50 bits per heavy atom. The summed E-state index contributed by atoms with van der Waals surface area (Å²) < 4.78 is 5.04. The predicted octanol–water partition coefficient (Wildman–Crippen LogP) is 1.99.